The number of esters is 1. The van der Waals surface area contributed by atoms with Crippen molar-refractivity contribution in [1.29, 1.82) is 0 Å². The molecule has 0 aliphatic heterocycles. The van der Waals surface area contributed by atoms with E-state index in [9.17, 15) is 14.7 Å². The average Bonchev–Trinajstić information content (AvgIpc) is 4.16. The Morgan fingerprint density at radius 1 is 0.716 bits per heavy atom. The molecule has 3 atom stereocenters. The van der Waals surface area contributed by atoms with E-state index in [0.717, 1.165) is 93.3 Å². The Labute approximate surface area is 411 Å². The fraction of sp³-hybridized carbons (Fsp3) is 0.793. The van der Waals surface area contributed by atoms with E-state index in [1.807, 2.05) is 14.1 Å². The minimum atomic E-state index is -0.357. The molecule has 0 bridgehead atoms. The van der Waals surface area contributed by atoms with Crippen LogP contribution in [0.1, 0.15) is 227 Å². The minimum absolute atomic E-state index is 0.138. The minimum Gasteiger partial charge on any atom is -0.515 e. The molecule has 3 aliphatic rings. The van der Waals surface area contributed by atoms with Crippen molar-refractivity contribution in [3.8, 4) is 0 Å². The molecule has 3 rings (SSSR count). The lowest BCUT2D eigenvalue weighted by Crippen LogP contribution is -2.44. The molecule has 3 unspecified atom stereocenters. The first-order valence-electron chi connectivity index (χ1n) is 27.8. The van der Waals surface area contributed by atoms with Crippen molar-refractivity contribution < 1.29 is 28.9 Å². The van der Waals surface area contributed by atoms with Crippen LogP contribution < -0.4 is 10.6 Å². The number of carbonyl (C=O) groups excluding carboxylic acids is 2. The van der Waals surface area contributed by atoms with Gasteiger partial charge >= 0.3 is 5.97 Å². The number of ether oxygens (including phenoxy) is 3. The van der Waals surface area contributed by atoms with Gasteiger partial charge < -0.3 is 34.9 Å². The zero-order chi connectivity index (χ0) is 48.7. The molecule has 0 spiro atoms. The number of carbonyl (C=O) groups is 2. The number of Topliss-reactive ketones (excluding diaryl/α,β-unsaturated/α-hetero) is 1. The quantitative estimate of drug-likeness (QED) is 0.0181. The van der Waals surface area contributed by atoms with Crippen LogP contribution in [0.15, 0.2) is 59.7 Å². The van der Waals surface area contributed by atoms with Crippen LogP contribution in [0.5, 0.6) is 0 Å². The SMILES string of the molecule is C=C1C(=CO)C(NC2CC(C)CC(OC(=O)CCC(OCCCCCCCC)OCCCCCCCC)C2)=C1NCCN(C)C.CCCCC/C=C\C/C=C\CCCCCCCC(=O)C1CC1. The molecule has 0 radical (unpaired) electrons. The summed E-state index contributed by atoms with van der Waals surface area (Å²) in [6.45, 7) is 16.1. The van der Waals surface area contributed by atoms with Gasteiger partial charge in [0.25, 0.3) is 0 Å². The maximum Gasteiger partial charge on any atom is 0.306 e. The highest BCUT2D eigenvalue weighted by Crippen LogP contribution is 2.37. The maximum absolute atomic E-state index is 13.0. The molecule has 2 fully saturated rings. The van der Waals surface area contributed by atoms with Gasteiger partial charge in [0, 0.05) is 68.7 Å². The summed E-state index contributed by atoms with van der Waals surface area (Å²) in [7, 11) is 4.09. The zero-order valence-corrected chi connectivity index (χ0v) is 44.2. The van der Waals surface area contributed by atoms with Gasteiger partial charge in [0.05, 0.1) is 24.1 Å². The third kappa shape index (κ3) is 30.4. The van der Waals surface area contributed by atoms with Gasteiger partial charge in [-0.3, -0.25) is 9.59 Å². The molecule has 3 aliphatic carbocycles. The molecule has 0 aromatic rings. The van der Waals surface area contributed by atoms with E-state index in [-0.39, 0.29) is 24.4 Å². The first-order chi connectivity index (χ1) is 32.6. The molecule has 3 N–H and O–H groups in total. The third-order valence-electron chi connectivity index (χ3n) is 13.3. The van der Waals surface area contributed by atoms with E-state index in [1.54, 1.807) is 0 Å². The molecule has 0 saturated heterocycles. The lowest BCUT2D eigenvalue weighted by Gasteiger charge is -2.38. The highest BCUT2D eigenvalue weighted by Gasteiger charge is 2.34. The topological polar surface area (TPSA) is 109 Å². The van der Waals surface area contributed by atoms with Gasteiger partial charge in [-0.25, -0.2) is 0 Å². The molecule has 2 saturated carbocycles. The Kier molecular flexibility index (Phi) is 35.9. The Balaban J connectivity index is 0.000000585. The van der Waals surface area contributed by atoms with Gasteiger partial charge in [-0.15, -0.1) is 0 Å². The average molecular weight is 938 g/mol. The largest absolute Gasteiger partial charge is 0.515 e. The lowest BCUT2D eigenvalue weighted by atomic mass is 9.82. The summed E-state index contributed by atoms with van der Waals surface area (Å²) in [6, 6.07) is 0.143. The van der Waals surface area contributed by atoms with Crippen molar-refractivity contribution in [1.82, 2.24) is 15.5 Å². The number of likely N-dealkylation sites (N-methyl/N-ethyl adjacent to an activating group) is 1. The van der Waals surface area contributed by atoms with E-state index in [2.05, 4.69) is 74.1 Å². The number of hydrogen-bond acceptors (Lipinski definition) is 9. The van der Waals surface area contributed by atoms with Crippen molar-refractivity contribution >= 4 is 11.8 Å². The van der Waals surface area contributed by atoms with Crippen LogP contribution in [-0.4, -0.2) is 80.6 Å². The van der Waals surface area contributed by atoms with Crippen molar-refractivity contribution in [2.75, 3.05) is 40.4 Å². The van der Waals surface area contributed by atoms with Crippen LogP contribution in [0.3, 0.4) is 0 Å². The molecule has 9 heteroatoms. The number of nitrogens with zero attached hydrogens (tertiary/aromatic N) is 1. The molecule has 67 heavy (non-hydrogen) atoms. The van der Waals surface area contributed by atoms with Gasteiger partial charge in [-0.2, -0.15) is 0 Å². The van der Waals surface area contributed by atoms with E-state index in [0.29, 0.717) is 43.7 Å². The number of ketones is 1. The monoisotopic (exact) mass is 938 g/mol. The third-order valence-corrected chi connectivity index (χ3v) is 13.3. The lowest BCUT2D eigenvalue weighted by molar-refractivity contribution is -0.164. The predicted octanol–water partition coefficient (Wildman–Crippen LogP) is 14.7. The highest BCUT2D eigenvalue weighted by atomic mass is 16.7. The maximum atomic E-state index is 13.0. The second-order valence-electron chi connectivity index (χ2n) is 20.2. The Hall–Kier alpha value is -2.88. The molecular formula is C58H103N3O6. The highest BCUT2D eigenvalue weighted by molar-refractivity contribution is 5.83. The first kappa shape index (κ1) is 60.2. The molecule has 0 aromatic carbocycles. The van der Waals surface area contributed by atoms with E-state index < -0.39 is 0 Å². The Bertz CT molecular complexity index is 1400. The summed E-state index contributed by atoms with van der Waals surface area (Å²) < 4.78 is 18.3. The smallest absolute Gasteiger partial charge is 0.306 e. The molecule has 0 amide bonds. The van der Waals surface area contributed by atoms with Crippen LogP contribution >= 0.6 is 0 Å². The van der Waals surface area contributed by atoms with Gasteiger partial charge in [0.2, 0.25) is 0 Å². The number of allylic oxidation sites excluding steroid dienone is 6. The predicted molar refractivity (Wildman–Crippen MR) is 282 cm³/mol. The summed E-state index contributed by atoms with van der Waals surface area (Å²) in [5, 5.41) is 16.9. The summed E-state index contributed by atoms with van der Waals surface area (Å²) in [5.41, 5.74) is 3.41. The van der Waals surface area contributed by atoms with Gasteiger partial charge in [0.1, 0.15) is 11.9 Å². The van der Waals surface area contributed by atoms with Crippen molar-refractivity contribution in [2.24, 2.45) is 11.8 Å². The first-order valence-corrected chi connectivity index (χ1v) is 27.8. The second kappa shape index (κ2) is 39.9. The van der Waals surface area contributed by atoms with Crippen LogP contribution in [0.4, 0.5) is 0 Å². The number of unbranched alkanes of at least 4 members (excludes halogenated alkanes) is 18. The summed E-state index contributed by atoms with van der Waals surface area (Å²) in [6.07, 6.45) is 44.9. The van der Waals surface area contributed by atoms with E-state index in [1.165, 1.54) is 135 Å². The van der Waals surface area contributed by atoms with Gasteiger partial charge in [-0.05, 0) is 97.1 Å². The van der Waals surface area contributed by atoms with Crippen molar-refractivity contribution in [3.63, 3.8) is 0 Å². The molecule has 386 valence electrons. The van der Waals surface area contributed by atoms with Gasteiger partial charge in [0.15, 0.2) is 6.29 Å². The Morgan fingerprint density at radius 3 is 1.85 bits per heavy atom. The van der Waals surface area contributed by atoms with Crippen molar-refractivity contribution in [3.05, 3.63) is 59.7 Å². The Morgan fingerprint density at radius 2 is 1.27 bits per heavy atom. The summed E-state index contributed by atoms with van der Waals surface area (Å²) >= 11 is 0. The number of nitrogens with one attached hydrogen (secondary N) is 2. The molecule has 0 heterocycles. The summed E-state index contributed by atoms with van der Waals surface area (Å²) in [5.74, 6) is 1.23. The van der Waals surface area contributed by atoms with E-state index >= 15 is 0 Å². The number of rotatable bonds is 41. The molecule has 0 aromatic heterocycles. The number of aliphatic hydroxyl groups excluding tert-OH is 1. The van der Waals surface area contributed by atoms with Crippen molar-refractivity contribution in [2.45, 2.75) is 245 Å². The zero-order valence-electron chi connectivity index (χ0n) is 44.2. The fourth-order valence-electron chi connectivity index (χ4n) is 8.97. The fourth-order valence-corrected chi connectivity index (χ4v) is 8.97. The van der Waals surface area contributed by atoms with Gasteiger partial charge in [-0.1, -0.05) is 155 Å². The normalized spacial score (nSPS) is 19.1. The second-order valence-corrected chi connectivity index (χ2v) is 20.2. The standard InChI is InChI=1S/C37H67N3O5.C21H36O/c1-7-9-11-13-15-17-23-43-35(44-24-18-16-14-12-10-8-2)20-19-34(42)45-32-26-29(3)25-31(27-32)39-37-33(28-41)30(4)36(37)38-21-22-40(5)6;1-2-3-4-5-6-7-8-9-10-11-12-13-14-15-16-17-21(22)20-18-19-20/h28-29,31-32,35,38-39,41H,4,7-27H2,1-3,5-6H3;6-7,9-10,20H,2-5,8,11-19H2,1H3/b;7-6-,10-9-. The number of aliphatic hydroxyl groups is 1. The number of hydrogen-bond donors (Lipinski definition) is 3. The molecule has 9 nitrogen and oxygen atoms in total. The molecular weight excluding hydrogens is 835 g/mol. The van der Waals surface area contributed by atoms with Crippen LogP contribution in [0.25, 0.3) is 0 Å². The summed E-state index contributed by atoms with van der Waals surface area (Å²) in [4.78, 5) is 26.7. The van der Waals surface area contributed by atoms with E-state index in [4.69, 9.17) is 14.2 Å². The van der Waals surface area contributed by atoms with Crippen LogP contribution in [-0.2, 0) is 23.8 Å². The van der Waals surface area contributed by atoms with Crippen LogP contribution in [0, 0.1) is 11.8 Å². The van der Waals surface area contributed by atoms with Crippen LogP contribution in [0.2, 0.25) is 0 Å².